The molecule has 1 N–H and O–H groups in total. The third kappa shape index (κ3) is 1.69. The molecule has 1 rings (SSSR count). The van der Waals surface area contributed by atoms with E-state index >= 15 is 0 Å². The summed E-state index contributed by atoms with van der Waals surface area (Å²) >= 11 is 0. The molecule has 3 radical (unpaired) electrons. The lowest BCUT2D eigenvalue weighted by molar-refractivity contribution is 0.875. The molecule has 0 aliphatic carbocycles. The standard InChI is InChI=1S/C10H14NSi/c1-7(2)10-8(11-3)5-4-6-9(10)12/h4-7,11H,1-3H3. The Labute approximate surface area is 77.6 Å². The zero-order valence-electron chi connectivity index (χ0n) is 7.81. The molecule has 0 bridgehead atoms. The van der Waals surface area contributed by atoms with Gasteiger partial charge in [0.1, 0.15) is 0 Å². The van der Waals surface area contributed by atoms with Crippen molar-refractivity contribution in [3.8, 4) is 0 Å². The quantitative estimate of drug-likeness (QED) is 0.676. The molecule has 0 spiro atoms. The van der Waals surface area contributed by atoms with Gasteiger partial charge in [0.2, 0.25) is 0 Å². The van der Waals surface area contributed by atoms with Crippen LogP contribution in [0.5, 0.6) is 0 Å². The van der Waals surface area contributed by atoms with Gasteiger partial charge in [-0.25, -0.2) is 0 Å². The fourth-order valence-electron chi connectivity index (χ4n) is 1.41. The molecule has 1 aromatic carbocycles. The molecule has 0 aliphatic heterocycles. The predicted octanol–water partition coefficient (Wildman–Crippen LogP) is 1.65. The van der Waals surface area contributed by atoms with Gasteiger partial charge < -0.3 is 5.32 Å². The molecular formula is C10H14NSi. The molecule has 0 atom stereocenters. The van der Waals surface area contributed by atoms with Crippen molar-refractivity contribution in [1.82, 2.24) is 0 Å². The zero-order chi connectivity index (χ0) is 9.14. The maximum atomic E-state index is 3.60. The van der Waals surface area contributed by atoms with Crippen LogP contribution in [0.3, 0.4) is 0 Å². The smallest absolute Gasteiger partial charge is 0.0716 e. The van der Waals surface area contributed by atoms with E-state index in [-0.39, 0.29) is 0 Å². The maximum Gasteiger partial charge on any atom is 0.0716 e. The number of hydrogen-bond donors (Lipinski definition) is 1. The Bertz CT molecular complexity index is 269. The molecule has 0 amide bonds. The molecule has 0 aliphatic rings. The topological polar surface area (TPSA) is 12.0 Å². The molecule has 0 aromatic heterocycles. The van der Waals surface area contributed by atoms with Crippen LogP contribution in [0, 0.1) is 0 Å². The van der Waals surface area contributed by atoms with Crippen molar-refractivity contribution in [3.63, 3.8) is 0 Å². The van der Waals surface area contributed by atoms with Crippen LogP contribution in [-0.4, -0.2) is 17.3 Å². The van der Waals surface area contributed by atoms with Crippen molar-refractivity contribution >= 4 is 21.1 Å². The number of benzene rings is 1. The molecular weight excluding hydrogens is 162 g/mol. The molecule has 12 heavy (non-hydrogen) atoms. The summed E-state index contributed by atoms with van der Waals surface area (Å²) in [5.74, 6) is 0.543. The van der Waals surface area contributed by atoms with Crippen LogP contribution < -0.4 is 10.5 Å². The lowest BCUT2D eigenvalue weighted by Crippen LogP contribution is -2.13. The molecule has 63 valence electrons. The zero-order valence-corrected chi connectivity index (χ0v) is 8.81. The lowest BCUT2D eigenvalue weighted by atomic mass is 10.0. The molecule has 0 heterocycles. The van der Waals surface area contributed by atoms with E-state index < -0.39 is 0 Å². The number of hydrogen-bond acceptors (Lipinski definition) is 1. The first kappa shape index (κ1) is 9.33. The second-order valence-corrected chi connectivity index (χ2v) is 3.71. The summed E-state index contributed by atoms with van der Waals surface area (Å²) in [6.45, 7) is 4.39. The van der Waals surface area contributed by atoms with Gasteiger partial charge in [-0.05, 0) is 17.5 Å². The minimum atomic E-state index is 0.543. The third-order valence-corrected chi connectivity index (χ3v) is 2.39. The summed E-state index contributed by atoms with van der Waals surface area (Å²) in [4.78, 5) is 0. The van der Waals surface area contributed by atoms with Crippen molar-refractivity contribution < 1.29 is 0 Å². The van der Waals surface area contributed by atoms with Crippen LogP contribution in [-0.2, 0) is 0 Å². The van der Waals surface area contributed by atoms with Crippen molar-refractivity contribution in [2.24, 2.45) is 0 Å². The Morgan fingerprint density at radius 3 is 2.42 bits per heavy atom. The highest BCUT2D eigenvalue weighted by Crippen LogP contribution is 2.20. The number of rotatable bonds is 2. The number of anilines is 1. The highest BCUT2D eigenvalue weighted by molar-refractivity contribution is 6.33. The Morgan fingerprint density at radius 1 is 1.33 bits per heavy atom. The first-order chi connectivity index (χ1) is 5.66. The number of nitrogens with one attached hydrogen (secondary N) is 1. The molecule has 1 nitrogen and oxygen atoms in total. The second kappa shape index (κ2) is 3.76. The van der Waals surface area contributed by atoms with Gasteiger partial charge in [-0.2, -0.15) is 0 Å². The Morgan fingerprint density at radius 2 is 2.00 bits per heavy atom. The van der Waals surface area contributed by atoms with Crippen LogP contribution in [0.25, 0.3) is 0 Å². The van der Waals surface area contributed by atoms with Crippen LogP contribution in [0.15, 0.2) is 18.2 Å². The highest BCUT2D eigenvalue weighted by Gasteiger charge is 2.06. The van der Waals surface area contributed by atoms with Gasteiger partial charge in [0, 0.05) is 12.7 Å². The van der Waals surface area contributed by atoms with Gasteiger partial charge in [0.25, 0.3) is 0 Å². The van der Waals surface area contributed by atoms with Crippen molar-refractivity contribution in [1.29, 1.82) is 0 Å². The van der Waals surface area contributed by atoms with E-state index in [1.54, 1.807) is 0 Å². The minimum Gasteiger partial charge on any atom is -0.388 e. The molecule has 1 aromatic rings. The summed E-state index contributed by atoms with van der Waals surface area (Å²) in [5, 5.41) is 4.36. The molecule has 0 saturated heterocycles. The normalized spacial score (nSPS) is 10.4. The van der Waals surface area contributed by atoms with Crippen LogP contribution >= 0.6 is 0 Å². The average molecular weight is 176 g/mol. The fourth-order valence-corrected chi connectivity index (χ4v) is 1.92. The summed E-state index contributed by atoms with van der Waals surface area (Å²) in [6, 6.07) is 6.21. The van der Waals surface area contributed by atoms with Gasteiger partial charge in [-0.1, -0.05) is 31.2 Å². The molecule has 0 unspecified atom stereocenters. The predicted molar refractivity (Wildman–Crippen MR) is 55.5 cm³/mol. The molecule has 0 fully saturated rings. The second-order valence-electron chi connectivity index (χ2n) is 3.17. The highest BCUT2D eigenvalue weighted by atomic mass is 28.1. The molecule has 0 saturated carbocycles. The Balaban J connectivity index is 3.20. The van der Waals surface area contributed by atoms with E-state index in [2.05, 4.69) is 41.5 Å². The van der Waals surface area contributed by atoms with E-state index in [0.29, 0.717) is 5.92 Å². The van der Waals surface area contributed by atoms with Gasteiger partial charge in [0.05, 0.1) is 10.2 Å². The van der Waals surface area contributed by atoms with Crippen molar-refractivity contribution in [2.45, 2.75) is 19.8 Å². The third-order valence-electron chi connectivity index (χ3n) is 1.95. The van der Waals surface area contributed by atoms with Crippen LogP contribution in [0.1, 0.15) is 25.3 Å². The largest absolute Gasteiger partial charge is 0.388 e. The van der Waals surface area contributed by atoms with E-state index in [9.17, 15) is 0 Å². The fraction of sp³-hybridized carbons (Fsp3) is 0.400. The first-order valence-corrected chi connectivity index (χ1v) is 4.69. The van der Waals surface area contributed by atoms with Gasteiger partial charge >= 0.3 is 0 Å². The van der Waals surface area contributed by atoms with E-state index in [0.717, 1.165) is 0 Å². The van der Waals surface area contributed by atoms with Crippen LogP contribution in [0.2, 0.25) is 0 Å². The lowest BCUT2D eigenvalue weighted by Gasteiger charge is -2.14. The van der Waals surface area contributed by atoms with Gasteiger partial charge in [-0.3, -0.25) is 0 Å². The first-order valence-electron chi connectivity index (χ1n) is 4.19. The summed E-state index contributed by atoms with van der Waals surface area (Å²) < 4.78 is 0. The summed E-state index contributed by atoms with van der Waals surface area (Å²) in [6.07, 6.45) is 0. The van der Waals surface area contributed by atoms with Crippen molar-refractivity contribution in [2.75, 3.05) is 12.4 Å². The van der Waals surface area contributed by atoms with Gasteiger partial charge in [0.15, 0.2) is 0 Å². The Hall–Kier alpha value is -0.763. The minimum absolute atomic E-state index is 0.543. The maximum absolute atomic E-state index is 3.60. The van der Waals surface area contributed by atoms with E-state index in [1.165, 1.54) is 16.4 Å². The SMILES string of the molecule is CNc1cccc([Si])c1C(C)C. The van der Waals surface area contributed by atoms with E-state index in [1.807, 2.05) is 13.1 Å². The average Bonchev–Trinajstić information content (AvgIpc) is 2.03. The monoisotopic (exact) mass is 176 g/mol. The van der Waals surface area contributed by atoms with Gasteiger partial charge in [-0.15, -0.1) is 0 Å². The van der Waals surface area contributed by atoms with Crippen LogP contribution in [0.4, 0.5) is 5.69 Å². The van der Waals surface area contributed by atoms with Crippen molar-refractivity contribution in [3.05, 3.63) is 23.8 Å². The van der Waals surface area contributed by atoms with E-state index in [4.69, 9.17) is 0 Å². The Kier molecular flexibility index (Phi) is 2.92. The summed E-state index contributed by atoms with van der Waals surface area (Å²) in [7, 11) is 5.55. The molecule has 2 heteroatoms. The summed E-state index contributed by atoms with van der Waals surface area (Å²) in [5.41, 5.74) is 2.55.